The van der Waals surface area contributed by atoms with Gasteiger partial charge in [-0.2, -0.15) is 0 Å². The van der Waals surface area contributed by atoms with Crippen molar-refractivity contribution in [1.29, 1.82) is 0 Å². The van der Waals surface area contributed by atoms with Crippen molar-refractivity contribution in [3.8, 4) is 11.5 Å². The summed E-state index contributed by atoms with van der Waals surface area (Å²) in [7, 11) is 1.59. The first-order valence-electron chi connectivity index (χ1n) is 9.19. The lowest BCUT2D eigenvalue weighted by molar-refractivity contribution is -0.113. The molecule has 0 bridgehead atoms. The van der Waals surface area contributed by atoms with Crippen molar-refractivity contribution in [2.75, 3.05) is 12.0 Å². The topological polar surface area (TPSA) is 51.7 Å². The number of rotatable bonds is 6. The van der Waals surface area contributed by atoms with Crippen molar-refractivity contribution in [3.05, 3.63) is 89.1 Å². The van der Waals surface area contributed by atoms with Crippen LogP contribution in [-0.4, -0.2) is 22.3 Å². The largest absolute Gasteiger partial charge is 0.497 e. The Labute approximate surface area is 184 Å². The molecule has 0 unspecified atom stereocenters. The zero-order valence-electron chi connectivity index (χ0n) is 16.1. The van der Waals surface area contributed by atoms with Gasteiger partial charge in [0.15, 0.2) is 4.32 Å². The lowest BCUT2D eigenvalue weighted by atomic mass is 10.2. The fourth-order valence-electron chi connectivity index (χ4n) is 2.95. The monoisotopic (exact) mass is 434 g/mol. The van der Waals surface area contributed by atoms with Crippen LogP contribution in [0.25, 0.3) is 6.08 Å². The van der Waals surface area contributed by atoms with E-state index in [2.05, 4.69) is 4.98 Å². The minimum atomic E-state index is -0.169. The zero-order valence-corrected chi connectivity index (χ0v) is 17.8. The molecule has 7 heteroatoms. The number of hydrogen-bond donors (Lipinski definition) is 0. The van der Waals surface area contributed by atoms with Gasteiger partial charge in [0, 0.05) is 17.8 Å². The molecule has 1 aliphatic heterocycles. The van der Waals surface area contributed by atoms with Gasteiger partial charge in [-0.05, 0) is 36.4 Å². The highest BCUT2D eigenvalue weighted by Crippen LogP contribution is 2.38. The Morgan fingerprint density at radius 3 is 2.73 bits per heavy atom. The second-order valence-electron chi connectivity index (χ2n) is 6.37. The zero-order chi connectivity index (χ0) is 20.9. The number of aromatic nitrogens is 1. The van der Waals surface area contributed by atoms with Gasteiger partial charge in [-0.25, -0.2) is 0 Å². The lowest BCUT2D eigenvalue weighted by Gasteiger charge is -2.15. The average molecular weight is 435 g/mol. The van der Waals surface area contributed by atoms with Crippen LogP contribution in [0.1, 0.15) is 11.3 Å². The molecular formula is C23H18N2O3S2. The van der Waals surface area contributed by atoms with Gasteiger partial charge in [-0.3, -0.25) is 14.7 Å². The molecule has 1 fully saturated rings. The number of anilines is 1. The number of carbonyl (C=O) groups excluding carboxylic acids is 1. The van der Waals surface area contributed by atoms with Gasteiger partial charge in [0.25, 0.3) is 5.91 Å². The van der Waals surface area contributed by atoms with Gasteiger partial charge in [0.2, 0.25) is 0 Å². The van der Waals surface area contributed by atoms with Crippen molar-refractivity contribution in [2.45, 2.75) is 6.61 Å². The van der Waals surface area contributed by atoms with E-state index in [0.29, 0.717) is 33.0 Å². The number of thioether (sulfide) groups is 1. The van der Waals surface area contributed by atoms with Crippen LogP contribution in [0.2, 0.25) is 0 Å². The predicted octanol–water partition coefficient (Wildman–Crippen LogP) is 5.08. The maximum atomic E-state index is 13.1. The number of methoxy groups -OCH3 is 1. The number of nitrogens with zero attached hydrogens (tertiary/aromatic N) is 2. The molecule has 0 radical (unpaired) electrons. The third-order valence-electron chi connectivity index (χ3n) is 4.41. The summed E-state index contributed by atoms with van der Waals surface area (Å²) in [6, 6.07) is 20.5. The molecule has 2 heterocycles. The minimum Gasteiger partial charge on any atom is -0.497 e. The molecule has 30 heavy (non-hydrogen) atoms. The Balaban J connectivity index is 1.58. The maximum absolute atomic E-state index is 13.1. The molecule has 0 spiro atoms. The fourth-order valence-corrected chi connectivity index (χ4v) is 4.24. The molecule has 1 aromatic heterocycles. The van der Waals surface area contributed by atoms with E-state index < -0.39 is 0 Å². The second-order valence-corrected chi connectivity index (χ2v) is 8.04. The number of ether oxygens (including phenoxy) is 2. The van der Waals surface area contributed by atoms with Gasteiger partial charge in [-0.15, -0.1) is 0 Å². The van der Waals surface area contributed by atoms with Crippen LogP contribution in [0, 0.1) is 0 Å². The molecule has 2 aromatic carbocycles. The summed E-state index contributed by atoms with van der Waals surface area (Å²) >= 11 is 6.74. The van der Waals surface area contributed by atoms with E-state index in [9.17, 15) is 4.79 Å². The van der Waals surface area contributed by atoms with E-state index in [-0.39, 0.29) is 5.91 Å². The van der Waals surface area contributed by atoms with E-state index in [4.69, 9.17) is 21.7 Å². The van der Waals surface area contributed by atoms with Gasteiger partial charge >= 0.3 is 0 Å². The van der Waals surface area contributed by atoms with Crippen LogP contribution in [-0.2, 0) is 11.4 Å². The van der Waals surface area contributed by atoms with E-state index in [1.165, 1.54) is 16.7 Å². The second kappa shape index (κ2) is 9.11. The lowest BCUT2D eigenvalue weighted by Crippen LogP contribution is -2.27. The quantitative estimate of drug-likeness (QED) is 0.399. The van der Waals surface area contributed by atoms with E-state index in [1.807, 2.05) is 66.7 Å². The van der Waals surface area contributed by atoms with E-state index >= 15 is 0 Å². The normalized spacial score (nSPS) is 15.0. The van der Waals surface area contributed by atoms with Crippen LogP contribution < -0.4 is 14.4 Å². The predicted molar refractivity (Wildman–Crippen MR) is 124 cm³/mol. The molecule has 0 N–H and O–H groups in total. The Morgan fingerprint density at radius 2 is 1.93 bits per heavy atom. The molecular weight excluding hydrogens is 416 g/mol. The molecule has 1 saturated heterocycles. The molecule has 1 amide bonds. The summed E-state index contributed by atoms with van der Waals surface area (Å²) in [4.78, 5) is 19.4. The molecule has 4 rings (SSSR count). The first kappa shape index (κ1) is 20.1. The van der Waals surface area contributed by atoms with Crippen LogP contribution in [0.4, 0.5) is 5.69 Å². The van der Waals surface area contributed by atoms with E-state index in [1.54, 1.807) is 19.4 Å². The summed E-state index contributed by atoms with van der Waals surface area (Å²) in [6.45, 7) is 0.344. The van der Waals surface area contributed by atoms with Crippen molar-refractivity contribution in [1.82, 2.24) is 4.98 Å². The Morgan fingerprint density at radius 1 is 1.10 bits per heavy atom. The number of para-hydroxylation sites is 1. The third kappa shape index (κ3) is 4.37. The summed E-state index contributed by atoms with van der Waals surface area (Å²) in [6.07, 6.45) is 3.54. The maximum Gasteiger partial charge on any atom is 0.270 e. The van der Waals surface area contributed by atoms with Crippen LogP contribution in [0.15, 0.2) is 77.8 Å². The van der Waals surface area contributed by atoms with Crippen molar-refractivity contribution in [3.63, 3.8) is 0 Å². The highest BCUT2D eigenvalue weighted by atomic mass is 32.2. The van der Waals surface area contributed by atoms with Crippen molar-refractivity contribution >= 4 is 46.0 Å². The minimum absolute atomic E-state index is 0.169. The molecule has 0 atom stereocenters. The number of hydrogen-bond acceptors (Lipinski definition) is 6. The van der Waals surface area contributed by atoms with Crippen LogP contribution in [0.5, 0.6) is 11.5 Å². The molecule has 3 aromatic rings. The van der Waals surface area contributed by atoms with Crippen LogP contribution in [0.3, 0.4) is 0 Å². The van der Waals surface area contributed by atoms with Gasteiger partial charge in [0.1, 0.15) is 18.1 Å². The molecule has 0 saturated carbocycles. The number of amides is 1. The SMILES string of the molecule is COc1cccc(N2C(=O)/C(=C\c3ccccc3OCc3ccccn3)SC2=S)c1. The molecule has 1 aliphatic rings. The molecule has 150 valence electrons. The number of carbonyl (C=O) groups is 1. The standard InChI is InChI=1S/C23H18N2O3S2/c1-27-19-10-6-9-18(14-19)25-22(26)21(30-23(25)29)13-16-7-2-3-11-20(16)28-15-17-8-4-5-12-24-17/h2-14H,15H2,1H3/b21-13+. The number of pyridine rings is 1. The number of thiocarbonyl (C=S) groups is 1. The number of benzene rings is 2. The van der Waals surface area contributed by atoms with Crippen molar-refractivity contribution < 1.29 is 14.3 Å². The van der Waals surface area contributed by atoms with Gasteiger partial charge in [-0.1, -0.05) is 54.3 Å². The summed E-state index contributed by atoms with van der Waals surface area (Å²) in [5, 5.41) is 0. The average Bonchev–Trinajstić information content (AvgIpc) is 3.06. The Kier molecular flexibility index (Phi) is 6.11. The fraction of sp³-hybridized carbons (Fsp3) is 0.0870. The third-order valence-corrected chi connectivity index (χ3v) is 5.71. The van der Waals surface area contributed by atoms with Crippen LogP contribution >= 0.6 is 24.0 Å². The molecule has 0 aliphatic carbocycles. The first-order chi connectivity index (χ1) is 14.7. The summed E-state index contributed by atoms with van der Waals surface area (Å²) < 4.78 is 11.7. The Bertz CT molecular complexity index is 1120. The van der Waals surface area contributed by atoms with E-state index in [0.717, 1.165) is 11.3 Å². The Hall–Kier alpha value is -3.16. The highest BCUT2D eigenvalue weighted by Gasteiger charge is 2.33. The highest BCUT2D eigenvalue weighted by molar-refractivity contribution is 8.27. The smallest absolute Gasteiger partial charge is 0.270 e. The van der Waals surface area contributed by atoms with Crippen molar-refractivity contribution in [2.24, 2.45) is 0 Å². The van der Waals surface area contributed by atoms with Gasteiger partial charge in [0.05, 0.1) is 23.4 Å². The van der Waals surface area contributed by atoms with Gasteiger partial charge < -0.3 is 9.47 Å². The summed E-state index contributed by atoms with van der Waals surface area (Å²) in [5.41, 5.74) is 2.32. The molecule has 5 nitrogen and oxygen atoms in total. The summed E-state index contributed by atoms with van der Waals surface area (Å²) in [5.74, 6) is 1.17. The first-order valence-corrected chi connectivity index (χ1v) is 10.4.